The van der Waals surface area contributed by atoms with E-state index in [0.717, 1.165) is 18.1 Å². The largest absolute Gasteiger partial charge is 0.379 e. The summed E-state index contributed by atoms with van der Waals surface area (Å²) in [6.07, 6.45) is 4.91. The molecule has 0 aliphatic rings. The normalized spacial score (nSPS) is 10.4. The highest BCUT2D eigenvalue weighted by atomic mass is 32.1. The van der Waals surface area contributed by atoms with Crippen LogP contribution in [0, 0.1) is 0 Å². The summed E-state index contributed by atoms with van der Waals surface area (Å²) < 4.78 is 1.63. The van der Waals surface area contributed by atoms with Crippen molar-refractivity contribution in [2.24, 2.45) is 0 Å². The molecule has 0 fully saturated rings. The molecule has 1 N–H and O–H groups in total. The molecule has 90 valence electrons. The van der Waals surface area contributed by atoms with Crippen LogP contribution in [0.2, 0.25) is 0 Å². The first kappa shape index (κ1) is 10.9. The Morgan fingerprint density at radius 2 is 2.28 bits per heavy atom. The molecule has 6 heteroatoms. The monoisotopic (exact) mass is 257 g/mol. The maximum Gasteiger partial charge on any atom is 0.155 e. The van der Waals surface area contributed by atoms with E-state index in [2.05, 4.69) is 31.8 Å². The Bertz CT molecular complexity index is 586. The van der Waals surface area contributed by atoms with E-state index in [1.54, 1.807) is 28.5 Å². The summed E-state index contributed by atoms with van der Waals surface area (Å²) in [5, 5.41) is 9.42. The fourth-order valence-electron chi connectivity index (χ4n) is 1.56. The number of hydrogen-bond acceptors (Lipinski definition) is 5. The SMILES string of the molecule is c1csc(CNc2ccc(-n3cncn3)nc2)c1. The van der Waals surface area contributed by atoms with E-state index in [1.165, 1.54) is 11.2 Å². The molecule has 0 amide bonds. The zero-order valence-electron chi connectivity index (χ0n) is 9.52. The maximum absolute atomic E-state index is 4.32. The van der Waals surface area contributed by atoms with Crippen molar-refractivity contribution in [2.45, 2.75) is 6.54 Å². The molecule has 3 aromatic rings. The molecule has 0 unspecified atom stereocenters. The lowest BCUT2D eigenvalue weighted by atomic mass is 10.4. The Balaban J connectivity index is 1.68. The molecule has 5 nitrogen and oxygen atoms in total. The summed E-state index contributed by atoms with van der Waals surface area (Å²) in [4.78, 5) is 9.51. The van der Waals surface area contributed by atoms with Crippen LogP contribution in [0.15, 0.2) is 48.5 Å². The van der Waals surface area contributed by atoms with Crippen LogP contribution in [0.5, 0.6) is 0 Å². The quantitative estimate of drug-likeness (QED) is 0.779. The number of aromatic nitrogens is 4. The van der Waals surface area contributed by atoms with E-state index in [1.807, 2.05) is 18.2 Å². The highest BCUT2D eigenvalue weighted by Crippen LogP contribution is 2.13. The lowest BCUT2D eigenvalue weighted by Crippen LogP contribution is -2.01. The van der Waals surface area contributed by atoms with Crippen LogP contribution in [0.1, 0.15) is 4.88 Å². The number of anilines is 1. The fraction of sp³-hybridized carbons (Fsp3) is 0.0833. The zero-order chi connectivity index (χ0) is 12.2. The number of thiophene rings is 1. The highest BCUT2D eigenvalue weighted by molar-refractivity contribution is 7.09. The van der Waals surface area contributed by atoms with Gasteiger partial charge in [0.2, 0.25) is 0 Å². The van der Waals surface area contributed by atoms with E-state index in [4.69, 9.17) is 0 Å². The number of hydrogen-bond donors (Lipinski definition) is 1. The summed E-state index contributed by atoms with van der Waals surface area (Å²) in [5.74, 6) is 0.758. The Morgan fingerprint density at radius 1 is 1.28 bits per heavy atom. The minimum absolute atomic E-state index is 0.758. The van der Waals surface area contributed by atoms with Crippen molar-refractivity contribution >= 4 is 17.0 Å². The fourth-order valence-corrected chi connectivity index (χ4v) is 2.20. The Morgan fingerprint density at radius 3 is 2.94 bits per heavy atom. The molecular weight excluding hydrogens is 246 g/mol. The van der Waals surface area contributed by atoms with E-state index < -0.39 is 0 Å². The van der Waals surface area contributed by atoms with Gasteiger partial charge in [-0.05, 0) is 23.6 Å². The van der Waals surface area contributed by atoms with Crippen molar-refractivity contribution in [3.63, 3.8) is 0 Å². The Labute approximate surface area is 108 Å². The first-order valence-corrected chi connectivity index (χ1v) is 6.37. The van der Waals surface area contributed by atoms with Gasteiger partial charge in [-0.3, -0.25) is 0 Å². The second-order valence-corrected chi connectivity index (χ2v) is 4.71. The molecular formula is C12H11N5S. The molecule has 18 heavy (non-hydrogen) atoms. The maximum atomic E-state index is 4.32. The summed E-state index contributed by atoms with van der Waals surface area (Å²) in [5.41, 5.74) is 0.993. The molecule has 3 heterocycles. The van der Waals surface area contributed by atoms with E-state index in [9.17, 15) is 0 Å². The van der Waals surface area contributed by atoms with Crippen LogP contribution >= 0.6 is 11.3 Å². The molecule has 0 atom stereocenters. The third-order valence-corrected chi connectivity index (χ3v) is 3.32. The topological polar surface area (TPSA) is 55.6 Å². The highest BCUT2D eigenvalue weighted by Gasteiger charge is 1.99. The smallest absolute Gasteiger partial charge is 0.155 e. The van der Waals surface area contributed by atoms with Gasteiger partial charge >= 0.3 is 0 Å². The first-order chi connectivity index (χ1) is 8.92. The Hall–Kier alpha value is -2.21. The molecule has 3 aromatic heterocycles. The zero-order valence-corrected chi connectivity index (χ0v) is 10.3. The first-order valence-electron chi connectivity index (χ1n) is 5.49. The molecule has 0 saturated heterocycles. The van der Waals surface area contributed by atoms with Gasteiger partial charge in [-0.2, -0.15) is 5.10 Å². The number of nitrogens with one attached hydrogen (secondary N) is 1. The van der Waals surface area contributed by atoms with Gasteiger partial charge in [0.1, 0.15) is 12.7 Å². The minimum atomic E-state index is 0.758. The van der Waals surface area contributed by atoms with Gasteiger partial charge in [0.15, 0.2) is 5.82 Å². The van der Waals surface area contributed by atoms with Gasteiger partial charge in [-0.25, -0.2) is 14.6 Å². The van der Waals surface area contributed by atoms with Gasteiger partial charge < -0.3 is 5.32 Å². The van der Waals surface area contributed by atoms with Gasteiger partial charge in [-0.15, -0.1) is 11.3 Å². The average molecular weight is 257 g/mol. The van der Waals surface area contributed by atoms with Crippen molar-refractivity contribution in [3.8, 4) is 5.82 Å². The third-order valence-electron chi connectivity index (χ3n) is 2.45. The molecule has 0 aromatic carbocycles. The van der Waals surface area contributed by atoms with Crippen LogP contribution in [0.3, 0.4) is 0 Å². The van der Waals surface area contributed by atoms with Crippen LogP contribution in [0.25, 0.3) is 5.82 Å². The van der Waals surface area contributed by atoms with E-state index in [0.29, 0.717) is 0 Å². The summed E-state index contributed by atoms with van der Waals surface area (Å²) in [7, 11) is 0. The van der Waals surface area contributed by atoms with E-state index >= 15 is 0 Å². The van der Waals surface area contributed by atoms with Crippen molar-refractivity contribution in [1.82, 2.24) is 19.7 Å². The van der Waals surface area contributed by atoms with Crippen molar-refractivity contribution in [2.75, 3.05) is 5.32 Å². The molecule has 0 aliphatic carbocycles. The predicted molar refractivity (Wildman–Crippen MR) is 70.8 cm³/mol. The van der Waals surface area contributed by atoms with Gasteiger partial charge in [0, 0.05) is 11.4 Å². The molecule has 3 rings (SSSR count). The predicted octanol–water partition coefficient (Wildman–Crippen LogP) is 2.34. The molecule has 0 bridgehead atoms. The minimum Gasteiger partial charge on any atom is -0.379 e. The summed E-state index contributed by atoms with van der Waals surface area (Å²) in [6, 6.07) is 8.05. The summed E-state index contributed by atoms with van der Waals surface area (Å²) >= 11 is 1.74. The lowest BCUT2D eigenvalue weighted by molar-refractivity contribution is 0.845. The second kappa shape index (κ2) is 4.97. The average Bonchev–Trinajstić information content (AvgIpc) is 3.10. The van der Waals surface area contributed by atoms with Gasteiger partial charge in [0.25, 0.3) is 0 Å². The molecule has 0 saturated carbocycles. The molecule has 0 radical (unpaired) electrons. The van der Waals surface area contributed by atoms with Crippen molar-refractivity contribution in [1.29, 1.82) is 0 Å². The van der Waals surface area contributed by atoms with Gasteiger partial charge in [-0.1, -0.05) is 6.07 Å². The van der Waals surface area contributed by atoms with Crippen LogP contribution < -0.4 is 5.32 Å². The van der Waals surface area contributed by atoms with Crippen molar-refractivity contribution in [3.05, 3.63) is 53.4 Å². The number of nitrogens with zero attached hydrogens (tertiary/aromatic N) is 4. The van der Waals surface area contributed by atoms with Crippen LogP contribution in [-0.2, 0) is 6.54 Å². The van der Waals surface area contributed by atoms with Gasteiger partial charge in [0.05, 0.1) is 11.9 Å². The van der Waals surface area contributed by atoms with E-state index in [-0.39, 0.29) is 0 Å². The standard InChI is InChI=1S/C12H11N5S/c1-2-11(18-5-1)7-14-10-3-4-12(15-6-10)17-9-13-8-16-17/h1-6,8-9,14H,7H2. The number of rotatable bonds is 4. The molecule has 0 aliphatic heterocycles. The Kier molecular flexibility index (Phi) is 3.01. The lowest BCUT2D eigenvalue weighted by Gasteiger charge is -2.05. The second-order valence-electron chi connectivity index (χ2n) is 3.68. The molecule has 0 spiro atoms. The number of pyridine rings is 1. The third kappa shape index (κ3) is 2.38. The van der Waals surface area contributed by atoms with Crippen molar-refractivity contribution < 1.29 is 0 Å². The van der Waals surface area contributed by atoms with Crippen LogP contribution in [-0.4, -0.2) is 19.7 Å². The van der Waals surface area contributed by atoms with Crippen LogP contribution in [0.4, 0.5) is 5.69 Å². The summed E-state index contributed by atoms with van der Waals surface area (Å²) in [6.45, 7) is 0.821.